The fourth-order valence-electron chi connectivity index (χ4n) is 2.72. The minimum Gasteiger partial charge on any atom is -0.362 e. The van der Waals surface area contributed by atoms with E-state index in [0.29, 0.717) is 16.5 Å². The van der Waals surface area contributed by atoms with Gasteiger partial charge in [-0.2, -0.15) is 4.52 Å². The Kier molecular flexibility index (Phi) is 4.07. The fourth-order valence-corrected chi connectivity index (χ4v) is 2.94. The van der Waals surface area contributed by atoms with E-state index >= 15 is 0 Å². The number of hydrogen-bond donors (Lipinski definition) is 1. The second-order valence-electron chi connectivity index (χ2n) is 5.77. The molecule has 0 unspecified atom stereocenters. The van der Waals surface area contributed by atoms with Crippen molar-refractivity contribution in [3.8, 4) is 11.4 Å². The molecule has 5 nitrogen and oxygen atoms in total. The van der Waals surface area contributed by atoms with Crippen molar-refractivity contribution in [2.75, 3.05) is 5.32 Å². The van der Waals surface area contributed by atoms with Crippen LogP contribution in [0.4, 0.5) is 5.82 Å². The standard InChI is InChI=1S/C19H16ClN5/c1-13(14-7-3-2-4-8-14)21-17-11-12-18-22-23-19(25(18)24-17)15-9-5-6-10-16(15)20/h2-13H,1H3,(H,21,24)/t13-/m1/s1. The molecule has 0 fully saturated rings. The van der Waals surface area contributed by atoms with Crippen LogP contribution in [-0.2, 0) is 0 Å². The summed E-state index contributed by atoms with van der Waals surface area (Å²) in [6.45, 7) is 2.10. The molecule has 0 amide bonds. The van der Waals surface area contributed by atoms with Gasteiger partial charge in [0.15, 0.2) is 11.5 Å². The van der Waals surface area contributed by atoms with Gasteiger partial charge in [-0.15, -0.1) is 15.3 Å². The molecule has 0 spiro atoms. The summed E-state index contributed by atoms with van der Waals surface area (Å²) in [6, 6.07) is 21.7. The van der Waals surface area contributed by atoms with E-state index in [4.69, 9.17) is 11.6 Å². The molecule has 0 saturated heterocycles. The van der Waals surface area contributed by atoms with Gasteiger partial charge in [-0.1, -0.05) is 54.1 Å². The summed E-state index contributed by atoms with van der Waals surface area (Å²) < 4.78 is 1.71. The van der Waals surface area contributed by atoms with Crippen molar-refractivity contribution in [1.29, 1.82) is 0 Å². The lowest BCUT2D eigenvalue weighted by Gasteiger charge is -2.15. The van der Waals surface area contributed by atoms with Crippen molar-refractivity contribution in [1.82, 2.24) is 19.8 Å². The average molecular weight is 350 g/mol. The highest BCUT2D eigenvalue weighted by Gasteiger charge is 2.13. The molecule has 0 radical (unpaired) electrons. The average Bonchev–Trinajstić information content (AvgIpc) is 3.06. The predicted octanol–water partition coefficient (Wildman–Crippen LogP) is 4.62. The van der Waals surface area contributed by atoms with Crippen molar-refractivity contribution < 1.29 is 0 Å². The van der Waals surface area contributed by atoms with Crippen LogP contribution < -0.4 is 5.32 Å². The highest BCUT2D eigenvalue weighted by atomic mass is 35.5. The van der Waals surface area contributed by atoms with Gasteiger partial charge in [-0.05, 0) is 36.8 Å². The predicted molar refractivity (Wildman–Crippen MR) is 99.7 cm³/mol. The normalized spacial score (nSPS) is 12.2. The van der Waals surface area contributed by atoms with E-state index in [-0.39, 0.29) is 6.04 Å². The molecule has 2 aromatic carbocycles. The largest absolute Gasteiger partial charge is 0.362 e. The monoisotopic (exact) mass is 349 g/mol. The van der Waals surface area contributed by atoms with Gasteiger partial charge < -0.3 is 5.32 Å². The molecule has 25 heavy (non-hydrogen) atoms. The van der Waals surface area contributed by atoms with E-state index in [1.54, 1.807) is 4.52 Å². The Labute approximate surface area is 150 Å². The molecule has 2 aromatic heterocycles. The minimum atomic E-state index is 0.131. The van der Waals surface area contributed by atoms with E-state index in [2.05, 4.69) is 39.7 Å². The van der Waals surface area contributed by atoms with Crippen LogP contribution in [0.15, 0.2) is 66.7 Å². The van der Waals surface area contributed by atoms with Gasteiger partial charge in [0.1, 0.15) is 5.82 Å². The lowest BCUT2D eigenvalue weighted by Crippen LogP contribution is -2.09. The number of nitrogens with one attached hydrogen (secondary N) is 1. The highest BCUT2D eigenvalue weighted by molar-refractivity contribution is 6.33. The topological polar surface area (TPSA) is 55.1 Å². The maximum Gasteiger partial charge on any atom is 0.186 e. The Hall–Kier alpha value is -2.92. The zero-order chi connectivity index (χ0) is 17.2. The Morgan fingerprint density at radius 2 is 1.68 bits per heavy atom. The van der Waals surface area contributed by atoms with Crippen molar-refractivity contribution >= 4 is 23.1 Å². The number of hydrogen-bond acceptors (Lipinski definition) is 4. The zero-order valence-electron chi connectivity index (χ0n) is 13.6. The second-order valence-corrected chi connectivity index (χ2v) is 6.18. The molecule has 0 aliphatic heterocycles. The maximum atomic E-state index is 6.30. The van der Waals surface area contributed by atoms with Gasteiger partial charge in [-0.25, -0.2) is 0 Å². The van der Waals surface area contributed by atoms with Crippen LogP contribution in [0.1, 0.15) is 18.5 Å². The maximum absolute atomic E-state index is 6.30. The molecule has 1 N–H and O–H groups in total. The number of benzene rings is 2. The number of fused-ring (bicyclic) bond motifs is 1. The van der Waals surface area contributed by atoms with Gasteiger partial charge in [0.25, 0.3) is 0 Å². The van der Waals surface area contributed by atoms with Crippen LogP contribution >= 0.6 is 11.6 Å². The Morgan fingerprint density at radius 3 is 2.48 bits per heavy atom. The van der Waals surface area contributed by atoms with Crippen molar-refractivity contribution in [2.45, 2.75) is 13.0 Å². The first-order valence-electron chi connectivity index (χ1n) is 8.01. The summed E-state index contributed by atoms with van der Waals surface area (Å²) in [4.78, 5) is 0. The summed E-state index contributed by atoms with van der Waals surface area (Å²) in [5.41, 5.74) is 2.67. The minimum absolute atomic E-state index is 0.131. The first-order chi connectivity index (χ1) is 12.2. The molecular weight excluding hydrogens is 334 g/mol. The summed E-state index contributed by atoms with van der Waals surface area (Å²) in [7, 11) is 0. The molecule has 0 bridgehead atoms. The third kappa shape index (κ3) is 3.06. The van der Waals surface area contributed by atoms with Crippen LogP contribution in [0.5, 0.6) is 0 Å². The third-order valence-electron chi connectivity index (χ3n) is 4.04. The number of anilines is 1. The molecule has 4 rings (SSSR count). The lowest BCUT2D eigenvalue weighted by atomic mass is 10.1. The Morgan fingerprint density at radius 1 is 0.920 bits per heavy atom. The van der Waals surface area contributed by atoms with E-state index in [1.807, 2.05) is 54.6 Å². The van der Waals surface area contributed by atoms with E-state index in [9.17, 15) is 0 Å². The third-order valence-corrected chi connectivity index (χ3v) is 4.37. The number of halogens is 1. The van der Waals surface area contributed by atoms with Crippen LogP contribution in [0.25, 0.3) is 17.0 Å². The number of aromatic nitrogens is 4. The van der Waals surface area contributed by atoms with E-state index < -0.39 is 0 Å². The fraction of sp³-hybridized carbons (Fsp3) is 0.105. The van der Waals surface area contributed by atoms with Crippen LogP contribution in [0.2, 0.25) is 5.02 Å². The van der Waals surface area contributed by atoms with E-state index in [1.165, 1.54) is 5.56 Å². The Bertz CT molecular complexity index is 1010. The van der Waals surface area contributed by atoms with E-state index in [0.717, 1.165) is 11.4 Å². The molecule has 4 aromatic rings. The van der Waals surface area contributed by atoms with Crippen molar-refractivity contribution in [2.24, 2.45) is 0 Å². The first kappa shape index (κ1) is 15.6. The van der Waals surface area contributed by atoms with Crippen molar-refractivity contribution in [3.63, 3.8) is 0 Å². The summed E-state index contributed by atoms with van der Waals surface area (Å²) >= 11 is 6.30. The van der Waals surface area contributed by atoms with Gasteiger partial charge in [0, 0.05) is 11.6 Å². The Balaban J connectivity index is 1.70. The first-order valence-corrected chi connectivity index (χ1v) is 8.39. The number of rotatable bonds is 4. The van der Waals surface area contributed by atoms with Gasteiger partial charge in [-0.3, -0.25) is 0 Å². The SMILES string of the molecule is C[C@@H](Nc1ccc2nnc(-c3ccccc3Cl)n2n1)c1ccccc1. The van der Waals surface area contributed by atoms with Crippen molar-refractivity contribution in [3.05, 3.63) is 77.3 Å². The molecule has 0 saturated carbocycles. The second kappa shape index (κ2) is 6.53. The van der Waals surface area contributed by atoms with Crippen LogP contribution in [0.3, 0.4) is 0 Å². The molecule has 2 heterocycles. The van der Waals surface area contributed by atoms with Crippen LogP contribution in [-0.4, -0.2) is 19.8 Å². The van der Waals surface area contributed by atoms with Gasteiger partial charge >= 0.3 is 0 Å². The molecule has 124 valence electrons. The quantitative estimate of drug-likeness (QED) is 0.584. The smallest absolute Gasteiger partial charge is 0.186 e. The summed E-state index contributed by atoms with van der Waals surface area (Å²) in [6.07, 6.45) is 0. The van der Waals surface area contributed by atoms with Gasteiger partial charge in [0.2, 0.25) is 0 Å². The lowest BCUT2D eigenvalue weighted by molar-refractivity contribution is 0.847. The molecule has 0 aliphatic carbocycles. The highest BCUT2D eigenvalue weighted by Crippen LogP contribution is 2.26. The summed E-state index contributed by atoms with van der Waals surface area (Å²) in [5, 5.41) is 17.1. The molecule has 0 aliphatic rings. The summed E-state index contributed by atoms with van der Waals surface area (Å²) in [5.74, 6) is 1.37. The van der Waals surface area contributed by atoms with Gasteiger partial charge in [0.05, 0.1) is 5.02 Å². The number of nitrogens with zero attached hydrogens (tertiary/aromatic N) is 4. The molecule has 6 heteroatoms. The van der Waals surface area contributed by atoms with Crippen LogP contribution in [0, 0.1) is 0 Å². The molecule has 1 atom stereocenters. The molecular formula is C19H16ClN5. The zero-order valence-corrected chi connectivity index (χ0v) is 14.4.